The highest BCUT2D eigenvalue weighted by atomic mass is 32.1. The lowest BCUT2D eigenvalue weighted by atomic mass is 9.99. The second kappa shape index (κ2) is 4.89. The summed E-state index contributed by atoms with van der Waals surface area (Å²) in [6.45, 7) is 2.30. The zero-order chi connectivity index (χ0) is 15.4. The van der Waals surface area contributed by atoms with Crippen LogP contribution in [-0.2, 0) is 6.54 Å². The molecule has 1 aliphatic heterocycles. The third kappa shape index (κ3) is 2.16. The first-order valence-corrected chi connectivity index (χ1v) is 8.77. The van der Waals surface area contributed by atoms with E-state index in [9.17, 15) is 4.79 Å². The van der Waals surface area contributed by atoms with Gasteiger partial charge in [-0.1, -0.05) is 5.21 Å². The largest absolute Gasteiger partial charge is 0.336 e. The van der Waals surface area contributed by atoms with Gasteiger partial charge in [-0.25, -0.2) is 0 Å². The SMILES string of the molecule is O=C(c1cc2sccc2n1CC1CC1)N1CC(c2nn[nH]n2)C1. The molecule has 3 aromatic rings. The van der Waals surface area contributed by atoms with Crippen LogP contribution in [0.2, 0.25) is 0 Å². The number of hydrogen-bond acceptors (Lipinski definition) is 5. The molecule has 1 N–H and O–H groups in total. The normalized spacial score (nSPS) is 18.5. The molecular weight excluding hydrogens is 312 g/mol. The molecule has 0 aromatic carbocycles. The molecule has 0 radical (unpaired) electrons. The molecule has 3 aromatic heterocycles. The number of H-pyrrole nitrogens is 1. The molecule has 118 valence electrons. The summed E-state index contributed by atoms with van der Waals surface area (Å²) in [5.74, 6) is 1.75. The Balaban J connectivity index is 1.39. The van der Waals surface area contributed by atoms with Crippen LogP contribution in [0.4, 0.5) is 0 Å². The molecule has 5 rings (SSSR count). The first-order valence-electron chi connectivity index (χ1n) is 7.89. The van der Waals surface area contributed by atoms with Crippen LogP contribution >= 0.6 is 11.3 Å². The molecule has 2 fully saturated rings. The highest BCUT2D eigenvalue weighted by molar-refractivity contribution is 7.17. The number of thiophene rings is 1. The number of carbonyl (C=O) groups is 1. The van der Waals surface area contributed by atoms with Gasteiger partial charge in [0.05, 0.1) is 16.1 Å². The van der Waals surface area contributed by atoms with Crippen molar-refractivity contribution in [2.75, 3.05) is 13.1 Å². The average Bonchev–Trinajstić information content (AvgIpc) is 2.91. The second-order valence-corrected chi connectivity index (χ2v) is 7.38. The molecule has 2 aliphatic rings. The number of carbonyl (C=O) groups excluding carboxylic acids is 1. The van der Waals surface area contributed by atoms with Crippen molar-refractivity contribution in [3.63, 3.8) is 0 Å². The van der Waals surface area contributed by atoms with Gasteiger partial charge < -0.3 is 9.47 Å². The van der Waals surface area contributed by atoms with E-state index in [0.717, 1.165) is 18.2 Å². The summed E-state index contributed by atoms with van der Waals surface area (Å²) >= 11 is 1.70. The molecule has 4 heterocycles. The number of rotatable bonds is 4. The molecule has 7 nitrogen and oxygen atoms in total. The number of tetrazole rings is 1. The maximum absolute atomic E-state index is 12.9. The molecule has 1 aliphatic carbocycles. The van der Waals surface area contributed by atoms with Gasteiger partial charge >= 0.3 is 0 Å². The average molecular weight is 328 g/mol. The van der Waals surface area contributed by atoms with E-state index in [4.69, 9.17) is 0 Å². The third-order valence-corrected chi connectivity index (χ3v) is 5.63. The maximum atomic E-state index is 12.9. The summed E-state index contributed by atoms with van der Waals surface area (Å²) in [4.78, 5) is 14.8. The maximum Gasteiger partial charge on any atom is 0.270 e. The fourth-order valence-corrected chi connectivity index (χ4v) is 4.04. The van der Waals surface area contributed by atoms with Gasteiger partial charge in [-0.15, -0.1) is 21.5 Å². The van der Waals surface area contributed by atoms with E-state index in [1.807, 2.05) is 11.0 Å². The van der Waals surface area contributed by atoms with Gasteiger partial charge in [0.25, 0.3) is 5.91 Å². The Kier molecular flexibility index (Phi) is 2.81. The summed E-state index contributed by atoms with van der Waals surface area (Å²) in [6.07, 6.45) is 2.56. The summed E-state index contributed by atoms with van der Waals surface area (Å²) in [5.41, 5.74) is 2.02. The molecule has 0 unspecified atom stereocenters. The fraction of sp³-hybridized carbons (Fsp3) is 0.467. The first-order chi connectivity index (χ1) is 11.3. The molecule has 1 saturated heterocycles. The second-order valence-electron chi connectivity index (χ2n) is 6.43. The van der Waals surface area contributed by atoms with Crippen molar-refractivity contribution in [2.45, 2.75) is 25.3 Å². The van der Waals surface area contributed by atoms with Crippen LogP contribution in [-0.4, -0.2) is 49.1 Å². The van der Waals surface area contributed by atoms with Gasteiger partial charge in [-0.2, -0.15) is 5.21 Å². The van der Waals surface area contributed by atoms with Crippen LogP contribution in [0.15, 0.2) is 17.5 Å². The highest BCUT2D eigenvalue weighted by Gasteiger charge is 2.36. The van der Waals surface area contributed by atoms with Crippen molar-refractivity contribution in [1.29, 1.82) is 0 Å². The van der Waals surface area contributed by atoms with Crippen LogP contribution in [0.1, 0.15) is 35.1 Å². The Morgan fingerprint density at radius 2 is 2.26 bits per heavy atom. The van der Waals surface area contributed by atoms with E-state index in [2.05, 4.69) is 36.6 Å². The van der Waals surface area contributed by atoms with Crippen LogP contribution < -0.4 is 0 Å². The minimum Gasteiger partial charge on any atom is -0.336 e. The standard InChI is InChI=1S/C15H16N6OS/c22-15(20-7-10(8-20)14-16-18-19-17-14)12-5-13-11(3-4-23-13)21(12)6-9-1-2-9/h3-5,9-10H,1-2,6-8H2,(H,16,17,18,19). The van der Waals surface area contributed by atoms with Gasteiger partial charge in [-0.05, 0) is 36.3 Å². The number of amides is 1. The first kappa shape index (κ1) is 13.2. The monoisotopic (exact) mass is 328 g/mol. The Morgan fingerprint density at radius 3 is 3.00 bits per heavy atom. The lowest BCUT2D eigenvalue weighted by Crippen LogP contribution is -2.49. The zero-order valence-electron chi connectivity index (χ0n) is 12.5. The van der Waals surface area contributed by atoms with Crippen molar-refractivity contribution >= 4 is 27.5 Å². The summed E-state index contributed by atoms with van der Waals surface area (Å²) in [5, 5.41) is 16.2. The van der Waals surface area contributed by atoms with E-state index in [0.29, 0.717) is 18.9 Å². The Labute approximate surface area is 136 Å². The van der Waals surface area contributed by atoms with E-state index < -0.39 is 0 Å². The van der Waals surface area contributed by atoms with Crippen LogP contribution in [0.25, 0.3) is 10.2 Å². The van der Waals surface area contributed by atoms with E-state index in [-0.39, 0.29) is 11.8 Å². The number of nitrogens with zero attached hydrogens (tertiary/aromatic N) is 5. The molecule has 1 saturated carbocycles. The predicted octanol–water partition coefficient (Wildman–Crippen LogP) is 1.87. The van der Waals surface area contributed by atoms with Crippen LogP contribution in [0.3, 0.4) is 0 Å². The number of aromatic nitrogens is 5. The van der Waals surface area contributed by atoms with E-state index in [1.54, 1.807) is 11.3 Å². The number of nitrogens with one attached hydrogen (secondary N) is 1. The van der Waals surface area contributed by atoms with Crippen molar-refractivity contribution in [3.05, 3.63) is 29.0 Å². The van der Waals surface area contributed by atoms with E-state index in [1.165, 1.54) is 23.1 Å². The van der Waals surface area contributed by atoms with Crippen molar-refractivity contribution in [1.82, 2.24) is 30.1 Å². The summed E-state index contributed by atoms with van der Waals surface area (Å²) < 4.78 is 3.41. The molecule has 0 bridgehead atoms. The van der Waals surface area contributed by atoms with Crippen LogP contribution in [0.5, 0.6) is 0 Å². The van der Waals surface area contributed by atoms with Crippen LogP contribution in [0, 0.1) is 5.92 Å². The Bertz CT molecular complexity index is 856. The number of fused-ring (bicyclic) bond motifs is 1. The molecular formula is C15H16N6OS. The minimum absolute atomic E-state index is 0.119. The Morgan fingerprint density at radius 1 is 1.39 bits per heavy atom. The molecule has 0 atom stereocenters. The summed E-state index contributed by atoms with van der Waals surface area (Å²) in [6, 6.07) is 4.17. The predicted molar refractivity (Wildman–Crippen MR) is 85.4 cm³/mol. The van der Waals surface area contributed by atoms with Crippen molar-refractivity contribution in [2.24, 2.45) is 5.92 Å². The van der Waals surface area contributed by atoms with Gasteiger partial charge in [0.2, 0.25) is 0 Å². The smallest absolute Gasteiger partial charge is 0.270 e. The molecule has 1 amide bonds. The third-order valence-electron chi connectivity index (χ3n) is 4.78. The highest BCUT2D eigenvalue weighted by Crippen LogP contribution is 2.35. The fourth-order valence-electron chi connectivity index (χ4n) is 3.22. The quantitative estimate of drug-likeness (QED) is 0.793. The number of likely N-dealkylation sites (tertiary alicyclic amines) is 1. The minimum atomic E-state index is 0.119. The lowest BCUT2D eigenvalue weighted by Gasteiger charge is -2.37. The van der Waals surface area contributed by atoms with Crippen molar-refractivity contribution in [3.8, 4) is 0 Å². The van der Waals surface area contributed by atoms with Crippen molar-refractivity contribution < 1.29 is 4.79 Å². The zero-order valence-corrected chi connectivity index (χ0v) is 13.3. The number of aromatic amines is 1. The lowest BCUT2D eigenvalue weighted by molar-refractivity contribution is 0.0583. The van der Waals surface area contributed by atoms with Gasteiger partial charge in [0.1, 0.15) is 5.69 Å². The Hall–Kier alpha value is -2.22. The molecule has 23 heavy (non-hydrogen) atoms. The van der Waals surface area contributed by atoms with E-state index >= 15 is 0 Å². The van der Waals surface area contributed by atoms with Gasteiger partial charge in [0, 0.05) is 19.6 Å². The topological polar surface area (TPSA) is 79.7 Å². The van der Waals surface area contributed by atoms with Gasteiger partial charge in [0.15, 0.2) is 5.82 Å². The van der Waals surface area contributed by atoms with Gasteiger partial charge in [-0.3, -0.25) is 4.79 Å². The molecule has 0 spiro atoms. The summed E-state index contributed by atoms with van der Waals surface area (Å²) in [7, 11) is 0. The molecule has 8 heteroatoms. The number of hydrogen-bond donors (Lipinski definition) is 1.